The molecule has 0 atom stereocenters. The lowest BCUT2D eigenvalue weighted by molar-refractivity contribution is -0.384. The third kappa shape index (κ3) is 4.84. The topological polar surface area (TPSA) is 132 Å². The van der Waals surface area contributed by atoms with Crippen molar-refractivity contribution in [2.24, 2.45) is 0 Å². The van der Waals surface area contributed by atoms with Gasteiger partial charge in [0.1, 0.15) is 23.0 Å². The Balaban J connectivity index is 1.50. The quantitative estimate of drug-likeness (QED) is 0.138. The maximum Gasteiger partial charge on any atom is 0.273 e. The summed E-state index contributed by atoms with van der Waals surface area (Å²) in [5, 5.41) is 38.5. The van der Waals surface area contributed by atoms with E-state index in [1.54, 1.807) is 6.07 Å². The Bertz CT molecular complexity index is 1810. The Morgan fingerprint density at radius 1 is 0.725 bits per heavy atom. The average Bonchev–Trinajstić information content (AvgIpc) is 3.43. The van der Waals surface area contributed by atoms with Gasteiger partial charge in [0.25, 0.3) is 11.6 Å². The molecule has 0 amide bonds. The Morgan fingerprint density at radius 2 is 1.32 bits per heavy atom. The molecule has 2 aromatic heterocycles. The third-order valence-electron chi connectivity index (χ3n) is 6.19. The lowest BCUT2D eigenvalue weighted by Crippen LogP contribution is -2.10. The summed E-state index contributed by atoms with van der Waals surface area (Å²) in [5.74, 6) is 0.340. The number of phenolic OH excluding ortho intramolecular Hbond substituents is 1. The van der Waals surface area contributed by atoms with E-state index in [1.165, 1.54) is 16.8 Å². The predicted molar refractivity (Wildman–Crippen MR) is 151 cm³/mol. The maximum absolute atomic E-state index is 11.1. The van der Waals surface area contributed by atoms with E-state index in [0.29, 0.717) is 22.9 Å². The number of nitrogens with zero attached hydrogens (tertiary/aromatic N) is 6. The zero-order chi connectivity index (χ0) is 27.5. The number of hydrogen-bond acceptors (Lipinski definition) is 8. The Morgan fingerprint density at radius 3 is 1.93 bits per heavy atom. The third-order valence-corrected chi connectivity index (χ3v) is 6.19. The Labute approximate surface area is 228 Å². The summed E-state index contributed by atoms with van der Waals surface area (Å²) < 4.78 is 1.50. The van der Waals surface area contributed by atoms with Gasteiger partial charge in [-0.05, 0) is 6.07 Å². The fourth-order valence-corrected chi connectivity index (χ4v) is 4.24. The summed E-state index contributed by atoms with van der Waals surface area (Å²) in [6.45, 7) is 0. The molecule has 6 aromatic rings. The molecule has 0 unspecified atom stereocenters. The fourth-order valence-electron chi connectivity index (χ4n) is 4.24. The van der Waals surface area contributed by atoms with Gasteiger partial charge in [0.05, 0.1) is 22.4 Å². The van der Waals surface area contributed by atoms with E-state index in [1.807, 2.05) is 91.0 Å². The van der Waals surface area contributed by atoms with E-state index in [4.69, 9.17) is 10.1 Å². The minimum Gasteiger partial charge on any atom is -0.506 e. The Hall–Kier alpha value is -5.90. The number of aromatic nitrogens is 5. The molecule has 0 aliphatic rings. The van der Waals surface area contributed by atoms with Crippen LogP contribution in [0.25, 0.3) is 39.7 Å². The molecule has 10 nitrogen and oxygen atoms in total. The molecule has 194 valence electrons. The van der Waals surface area contributed by atoms with Crippen LogP contribution in [0, 0.1) is 10.1 Å². The van der Waals surface area contributed by atoms with Crippen LogP contribution in [0.4, 0.5) is 17.2 Å². The number of anilines is 2. The molecule has 0 spiro atoms. The SMILES string of the molecule is O=[N+]([O-])c1ccc(Nc2cc(-c3ccccc3)nn2-c2nnc(-c3ccccc3)c(-c3ccccc3)n2)c(O)c1. The zero-order valence-corrected chi connectivity index (χ0v) is 20.9. The molecule has 0 radical (unpaired) electrons. The minimum atomic E-state index is -0.569. The van der Waals surface area contributed by atoms with Crippen LogP contribution in [0.1, 0.15) is 0 Å². The summed E-state index contributed by atoms with van der Waals surface area (Å²) in [7, 11) is 0. The highest BCUT2D eigenvalue weighted by Gasteiger charge is 2.20. The molecule has 2 heterocycles. The van der Waals surface area contributed by atoms with E-state index in [0.717, 1.165) is 22.8 Å². The van der Waals surface area contributed by atoms with Gasteiger partial charge in [-0.15, -0.1) is 10.2 Å². The summed E-state index contributed by atoms with van der Waals surface area (Å²) in [4.78, 5) is 15.5. The number of aromatic hydroxyl groups is 1. The van der Waals surface area contributed by atoms with Crippen LogP contribution in [0.2, 0.25) is 0 Å². The monoisotopic (exact) mass is 527 g/mol. The van der Waals surface area contributed by atoms with Crippen molar-refractivity contribution in [1.29, 1.82) is 0 Å². The first-order chi connectivity index (χ1) is 19.6. The van der Waals surface area contributed by atoms with Crippen molar-refractivity contribution in [3.63, 3.8) is 0 Å². The second kappa shape index (κ2) is 10.5. The number of nitrogens with one attached hydrogen (secondary N) is 1. The largest absolute Gasteiger partial charge is 0.506 e. The number of phenols is 1. The standard InChI is InChI=1S/C30H21N7O3/c38-26-18-23(37(39)40)16-17-24(26)31-27-19-25(20-10-4-1-5-11-20)35-36(27)30-32-28(21-12-6-2-7-13-21)29(33-34-30)22-14-8-3-9-15-22/h1-19,31,38H. The highest BCUT2D eigenvalue weighted by molar-refractivity contribution is 5.78. The van der Waals surface area contributed by atoms with Gasteiger partial charge in [0, 0.05) is 28.8 Å². The van der Waals surface area contributed by atoms with Crippen molar-refractivity contribution >= 4 is 17.2 Å². The number of non-ortho nitro benzene ring substituents is 1. The summed E-state index contributed by atoms with van der Waals surface area (Å²) in [6, 6.07) is 34.6. The minimum absolute atomic E-state index is 0.199. The van der Waals surface area contributed by atoms with E-state index in [-0.39, 0.29) is 23.1 Å². The molecule has 40 heavy (non-hydrogen) atoms. The number of nitro benzene ring substituents is 1. The molecule has 0 saturated heterocycles. The van der Waals surface area contributed by atoms with Gasteiger partial charge in [-0.1, -0.05) is 91.0 Å². The number of hydrogen-bond donors (Lipinski definition) is 2. The van der Waals surface area contributed by atoms with Gasteiger partial charge in [0.15, 0.2) is 0 Å². The van der Waals surface area contributed by atoms with Crippen LogP contribution in [0.3, 0.4) is 0 Å². The molecule has 0 aliphatic heterocycles. The summed E-state index contributed by atoms with van der Waals surface area (Å²) in [6.07, 6.45) is 0. The van der Waals surface area contributed by atoms with E-state index in [2.05, 4.69) is 15.5 Å². The van der Waals surface area contributed by atoms with Gasteiger partial charge in [0.2, 0.25) is 0 Å². The highest BCUT2D eigenvalue weighted by atomic mass is 16.6. The molecule has 0 saturated carbocycles. The second-order valence-corrected chi connectivity index (χ2v) is 8.82. The number of rotatable bonds is 7. The molecular weight excluding hydrogens is 506 g/mol. The van der Waals surface area contributed by atoms with Gasteiger partial charge in [-0.25, -0.2) is 4.98 Å². The molecule has 10 heteroatoms. The average molecular weight is 528 g/mol. The van der Waals surface area contributed by atoms with Gasteiger partial charge in [-0.2, -0.15) is 9.78 Å². The first-order valence-electron chi connectivity index (χ1n) is 12.3. The van der Waals surface area contributed by atoms with Crippen LogP contribution in [0.5, 0.6) is 5.75 Å². The first-order valence-corrected chi connectivity index (χ1v) is 12.3. The van der Waals surface area contributed by atoms with E-state index < -0.39 is 4.92 Å². The lowest BCUT2D eigenvalue weighted by Gasteiger charge is -2.12. The molecular formula is C30H21N7O3. The van der Waals surface area contributed by atoms with Crippen LogP contribution in [0.15, 0.2) is 115 Å². The maximum atomic E-state index is 11.1. The molecule has 6 rings (SSSR count). The van der Waals surface area contributed by atoms with Crippen LogP contribution in [-0.4, -0.2) is 35.0 Å². The van der Waals surface area contributed by atoms with Crippen molar-refractivity contribution in [3.8, 4) is 45.5 Å². The molecule has 2 N–H and O–H groups in total. The van der Waals surface area contributed by atoms with Crippen LogP contribution < -0.4 is 5.32 Å². The highest BCUT2D eigenvalue weighted by Crippen LogP contribution is 2.34. The van der Waals surface area contributed by atoms with Crippen molar-refractivity contribution < 1.29 is 10.0 Å². The zero-order valence-electron chi connectivity index (χ0n) is 20.9. The number of nitro groups is 1. The molecule has 0 aliphatic carbocycles. The van der Waals surface area contributed by atoms with Crippen molar-refractivity contribution in [2.45, 2.75) is 0 Å². The van der Waals surface area contributed by atoms with Gasteiger partial charge >= 0.3 is 0 Å². The lowest BCUT2D eigenvalue weighted by atomic mass is 10.0. The Kier molecular flexibility index (Phi) is 6.39. The van der Waals surface area contributed by atoms with Crippen LogP contribution in [-0.2, 0) is 0 Å². The van der Waals surface area contributed by atoms with Gasteiger partial charge < -0.3 is 10.4 Å². The first kappa shape index (κ1) is 24.4. The van der Waals surface area contributed by atoms with Crippen molar-refractivity contribution in [3.05, 3.63) is 125 Å². The predicted octanol–water partition coefficient (Wildman–Crippen LogP) is 6.42. The van der Waals surface area contributed by atoms with Crippen molar-refractivity contribution in [2.75, 3.05) is 5.32 Å². The smallest absolute Gasteiger partial charge is 0.273 e. The van der Waals surface area contributed by atoms with E-state index >= 15 is 0 Å². The summed E-state index contributed by atoms with van der Waals surface area (Å²) >= 11 is 0. The van der Waals surface area contributed by atoms with Crippen molar-refractivity contribution in [1.82, 2.24) is 25.0 Å². The second-order valence-electron chi connectivity index (χ2n) is 8.82. The molecule has 0 bridgehead atoms. The van der Waals surface area contributed by atoms with Gasteiger partial charge in [-0.3, -0.25) is 10.1 Å². The number of benzene rings is 4. The molecule has 0 fully saturated rings. The van der Waals surface area contributed by atoms with E-state index in [9.17, 15) is 15.2 Å². The fraction of sp³-hybridized carbons (Fsp3) is 0. The van der Waals surface area contributed by atoms with Crippen LogP contribution >= 0.6 is 0 Å². The normalized spacial score (nSPS) is 10.8. The summed E-state index contributed by atoms with van der Waals surface area (Å²) in [5.41, 5.74) is 4.48. The molecule has 4 aromatic carbocycles.